The predicted molar refractivity (Wildman–Crippen MR) is 79.6 cm³/mol. The zero-order valence-corrected chi connectivity index (χ0v) is 13.1. The van der Waals surface area contributed by atoms with Gasteiger partial charge in [0.2, 0.25) is 0 Å². The van der Waals surface area contributed by atoms with E-state index in [4.69, 9.17) is 9.47 Å². The van der Waals surface area contributed by atoms with Gasteiger partial charge < -0.3 is 14.8 Å². The van der Waals surface area contributed by atoms with Crippen LogP contribution in [0.3, 0.4) is 0 Å². The van der Waals surface area contributed by atoms with Crippen LogP contribution in [0, 0.1) is 5.82 Å². The molecule has 0 radical (unpaired) electrons. The Hall–Kier alpha value is -1.13. The van der Waals surface area contributed by atoms with Crippen LogP contribution in [0.5, 0.6) is 5.75 Å². The highest BCUT2D eigenvalue weighted by Gasteiger charge is 2.10. The van der Waals surface area contributed by atoms with Gasteiger partial charge >= 0.3 is 0 Å². The van der Waals surface area contributed by atoms with Gasteiger partial charge in [0.25, 0.3) is 0 Å². The Kier molecular flexibility index (Phi) is 6.43. The average Bonchev–Trinajstić information content (AvgIpc) is 2.32. The van der Waals surface area contributed by atoms with Crippen LogP contribution in [0.1, 0.15) is 40.2 Å². The molecule has 0 unspecified atom stereocenters. The van der Waals surface area contributed by atoms with Gasteiger partial charge in [0.1, 0.15) is 18.2 Å². The zero-order valence-electron chi connectivity index (χ0n) is 13.1. The lowest BCUT2D eigenvalue weighted by Crippen LogP contribution is -2.24. The van der Waals surface area contributed by atoms with E-state index in [0.717, 1.165) is 5.56 Å². The van der Waals surface area contributed by atoms with Crippen molar-refractivity contribution in [1.82, 2.24) is 5.32 Å². The summed E-state index contributed by atoms with van der Waals surface area (Å²) in [6, 6.07) is 4.94. The van der Waals surface area contributed by atoms with E-state index in [0.29, 0.717) is 31.5 Å². The summed E-state index contributed by atoms with van der Waals surface area (Å²) >= 11 is 0. The van der Waals surface area contributed by atoms with Crippen LogP contribution >= 0.6 is 0 Å². The normalized spacial score (nSPS) is 11.9. The second-order valence-electron chi connectivity index (χ2n) is 6.10. The van der Waals surface area contributed by atoms with Gasteiger partial charge in [0.05, 0.1) is 12.2 Å². The summed E-state index contributed by atoms with van der Waals surface area (Å²) in [7, 11) is 0. The summed E-state index contributed by atoms with van der Waals surface area (Å²) < 4.78 is 24.6. The molecule has 0 aliphatic carbocycles. The first kappa shape index (κ1) is 16.9. The summed E-state index contributed by atoms with van der Waals surface area (Å²) in [6.07, 6.45) is 0. The highest BCUT2D eigenvalue weighted by atomic mass is 19.1. The van der Waals surface area contributed by atoms with E-state index < -0.39 is 0 Å². The van der Waals surface area contributed by atoms with Crippen LogP contribution in [-0.4, -0.2) is 24.9 Å². The van der Waals surface area contributed by atoms with Crippen LogP contribution in [-0.2, 0) is 11.3 Å². The molecule has 1 aromatic carbocycles. The van der Waals surface area contributed by atoms with Gasteiger partial charge in [-0.05, 0) is 39.0 Å². The number of hydrogen-bond donors (Lipinski definition) is 1. The molecule has 0 amide bonds. The largest absolute Gasteiger partial charge is 0.491 e. The maximum Gasteiger partial charge on any atom is 0.124 e. The molecule has 4 heteroatoms. The predicted octanol–water partition coefficient (Wildman–Crippen LogP) is 3.52. The van der Waals surface area contributed by atoms with E-state index >= 15 is 0 Å². The first-order valence-electron chi connectivity index (χ1n) is 7.06. The fourth-order valence-corrected chi connectivity index (χ4v) is 1.64. The lowest BCUT2D eigenvalue weighted by molar-refractivity contribution is -0.0164. The third-order valence-electron chi connectivity index (χ3n) is 2.60. The fourth-order valence-electron chi connectivity index (χ4n) is 1.64. The lowest BCUT2D eigenvalue weighted by Gasteiger charge is -2.20. The highest BCUT2D eigenvalue weighted by Crippen LogP contribution is 2.20. The van der Waals surface area contributed by atoms with E-state index in [1.807, 2.05) is 20.8 Å². The SMILES string of the molecule is CC(C)NCc1cc(F)ccc1OCCOC(C)(C)C. The Morgan fingerprint density at radius 3 is 2.50 bits per heavy atom. The Balaban J connectivity index is 2.55. The molecule has 20 heavy (non-hydrogen) atoms. The van der Waals surface area contributed by atoms with Crippen molar-refractivity contribution >= 4 is 0 Å². The highest BCUT2D eigenvalue weighted by molar-refractivity contribution is 5.34. The molecule has 1 N–H and O–H groups in total. The number of nitrogens with one attached hydrogen (secondary N) is 1. The van der Waals surface area contributed by atoms with E-state index in [1.165, 1.54) is 12.1 Å². The maximum atomic E-state index is 13.3. The van der Waals surface area contributed by atoms with Crippen LogP contribution in [0.2, 0.25) is 0 Å². The summed E-state index contributed by atoms with van der Waals surface area (Å²) in [5.74, 6) is 0.459. The molecule has 0 saturated carbocycles. The number of halogens is 1. The van der Waals surface area contributed by atoms with Gasteiger partial charge in [-0.1, -0.05) is 13.8 Å². The number of benzene rings is 1. The Morgan fingerprint density at radius 1 is 1.20 bits per heavy atom. The lowest BCUT2D eigenvalue weighted by atomic mass is 10.2. The van der Waals surface area contributed by atoms with Crippen molar-refractivity contribution in [3.63, 3.8) is 0 Å². The molecule has 3 nitrogen and oxygen atoms in total. The molecule has 0 aliphatic rings. The number of hydrogen-bond acceptors (Lipinski definition) is 3. The zero-order chi connectivity index (χ0) is 15.2. The second kappa shape index (κ2) is 7.60. The van der Waals surface area contributed by atoms with Crippen molar-refractivity contribution in [2.45, 2.75) is 52.8 Å². The molecular formula is C16H26FNO2. The smallest absolute Gasteiger partial charge is 0.124 e. The topological polar surface area (TPSA) is 30.5 Å². The van der Waals surface area contributed by atoms with Crippen LogP contribution in [0.15, 0.2) is 18.2 Å². The van der Waals surface area contributed by atoms with Gasteiger partial charge in [-0.2, -0.15) is 0 Å². The van der Waals surface area contributed by atoms with Crippen molar-refractivity contribution in [2.24, 2.45) is 0 Å². The van der Waals surface area contributed by atoms with E-state index in [2.05, 4.69) is 19.2 Å². The molecule has 0 aromatic heterocycles. The molecule has 0 bridgehead atoms. The third kappa shape index (κ3) is 6.87. The second-order valence-corrected chi connectivity index (χ2v) is 6.10. The monoisotopic (exact) mass is 283 g/mol. The number of rotatable bonds is 7. The molecule has 0 atom stereocenters. The van der Waals surface area contributed by atoms with Crippen LogP contribution in [0.25, 0.3) is 0 Å². The standard InChI is InChI=1S/C16H26FNO2/c1-12(2)18-11-13-10-14(17)6-7-15(13)19-8-9-20-16(3,4)5/h6-7,10,12,18H,8-9,11H2,1-5H3. The molecule has 0 aliphatic heterocycles. The van der Waals surface area contributed by atoms with E-state index in [9.17, 15) is 4.39 Å². The van der Waals surface area contributed by atoms with Crippen molar-refractivity contribution in [1.29, 1.82) is 0 Å². The van der Waals surface area contributed by atoms with E-state index in [-0.39, 0.29) is 11.4 Å². The Labute approximate surface area is 121 Å². The van der Waals surface area contributed by atoms with Gasteiger partial charge in [-0.25, -0.2) is 4.39 Å². The maximum absolute atomic E-state index is 13.3. The molecule has 0 heterocycles. The summed E-state index contributed by atoms with van der Waals surface area (Å²) in [5, 5.41) is 3.27. The van der Waals surface area contributed by atoms with Gasteiger partial charge in [0, 0.05) is 18.2 Å². The van der Waals surface area contributed by atoms with Crippen molar-refractivity contribution in [3.8, 4) is 5.75 Å². The Morgan fingerprint density at radius 2 is 1.90 bits per heavy atom. The van der Waals surface area contributed by atoms with Crippen molar-refractivity contribution in [2.75, 3.05) is 13.2 Å². The summed E-state index contributed by atoms with van der Waals surface area (Å²) in [5.41, 5.74) is 0.656. The summed E-state index contributed by atoms with van der Waals surface area (Å²) in [4.78, 5) is 0. The molecule has 1 rings (SSSR count). The molecular weight excluding hydrogens is 257 g/mol. The molecule has 0 spiro atoms. The molecule has 0 saturated heterocycles. The van der Waals surface area contributed by atoms with Crippen molar-refractivity contribution in [3.05, 3.63) is 29.6 Å². The minimum absolute atomic E-state index is 0.172. The average molecular weight is 283 g/mol. The fraction of sp³-hybridized carbons (Fsp3) is 0.625. The van der Waals surface area contributed by atoms with Gasteiger partial charge in [0.15, 0.2) is 0 Å². The first-order chi connectivity index (χ1) is 9.28. The third-order valence-corrected chi connectivity index (χ3v) is 2.60. The summed E-state index contributed by atoms with van der Waals surface area (Å²) in [6.45, 7) is 11.7. The van der Waals surface area contributed by atoms with Gasteiger partial charge in [-0.3, -0.25) is 0 Å². The van der Waals surface area contributed by atoms with Crippen LogP contribution in [0.4, 0.5) is 4.39 Å². The molecule has 0 fully saturated rings. The minimum Gasteiger partial charge on any atom is -0.491 e. The number of ether oxygens (including phenoxy) is 2. The Bertz CT molecular complexity index is 413. The quantitative estimate of drug-likeness (QED) is 0.777. The minimum atomic E-state index is -0.246. The first-order valence-corrected chi connectivity index (χ1v) is 7.06. The molecule has 1 aromatic rings. The molecule has 114 valence electrons. The van der Waals surface area contributed by atoms with Crippen LogP contribution < -0.4 is 10.1 Å². The van der Waals surface area contributed by atoms with Gasteiger partial charge in [-0.15, -0.1) is 0 Å². The van der Waals surface area contributed by atoms with Crippen molar-refractivity contribution < 1.29 is 13.9 Å². The van der Waals surface area contributed by atoms with E-state index in [1.54, 1.807) is 6.07 Å².